The van der Waals surface area contributed by atoms with Gasteiger partial charge in [-0.15, -0.1) is 0 Å². The third kappa shape index (κ3) is 4.40. The lowest BCUT2D eigenvalue weighted by molar-refractivity contribution is -0.271. The van der Waals surface area contributed by atoms with E-state index in [4.69, 9.17) is 16.3 Å². The molecule has 2 saturated heterocycles. The molecule has 2 aliphatic heterocycles. The highest BCUT2D eigenvalue weighted by Crippen LogP contribution is 2.51. The predicted molar refractivity (Wildman–Crippen MR) is 121 cm³/mol. The van der Waals surface area contributed by atoms with Crippen LogP contribution in [0.5, 0.6) is 0 Å². The van der Waals surface area contributed by atoms with Gasteiger partial charge in [0.05, 0.1) is 0 Å². The second-order valence-corrected chi connectivity index (χ2v) is 9.51. The molecule has 35 heavy (non-hydrogen) atoms. The van der Waals surface area contributed by atoms with Crippen molar-refractivity contribution in [2.75, 3.05) is 26.7 Å². The standard InChI is InChI=1S/C25H25ClF4N2O3/c1-35-24(25(28,29)30,16-5-3-2-4-6-16)22(34)32-11-9-23(10-12-32)14-21(33)31-15-19(23)18-8-7-17(27)13-20(18)26/h2-8,13,19H,9-12,14-15H2,1H3,(H,31,33)/t19?,24-/m1/s1. The first kappa shape index (κ1) is 25.4. The van der Waals surface area contributed by atoms with Crippen LogP contribution in [0.3, 0.4) is 0 Å². The fourth-order valence-electron chi connectivity index (χ4n) is 5.47. The second-order valence-electron chi connectivity index (χ2n) is 9.10. The molecule has 2 aromatic carbocycles. The van der Waals surface area contributed by atoms with Gasteiger partial charge in [0.1, 0.15) is 5.82 Å². The zero-order valence-electron chi connectivity index (χ0n) is 19.0. The minimum absolute atomic E-state index is 0.00938. The molecule has 0 saturated carbocycles. The van der Waals surface area contributed by atoms with Gasteiger partial charge >= 0.3 is 6.18 Å². The summed E-state index contributed by atoms with van der Waals surface area (Å²) in [6, 6.07) is 10.9. The lowest BCUT2D eigenvalue weighted by Crippen LogP contribution is -2.60. The van der Waals surface area contributed by atoms with E-state index in [-0.39, 0.29) is 61.3 Å². The molecule has 10 heteroatoms. The molecule has 2 atom stereocenters. The van der Waals surface area contributed by atoms with Gasteiger partial charge in [-0.2, -0.15) is 13.2 Å². The second kappa shape index (κ2) is 9.43. The van der Waals surface area contributed by atoms with Crippen LogP contribution < -0.4 is 5.32 Å². The minimum Gasteiger partial charge on any atom is -0.356 e. The summed E-state index contributed by atoms with van der Waals surface area (Å²) < 4.78 is 61.6. The Kier molecular flexibility index (Phi) is 6.85. The smallest absolute Gasteiger partial charge is 0.356 e. The Hall–Kier alpha value is -2.65. The molecule has 0 bridgehead atoms. The van der Waals surface area contributed by atoms with Crippen LogP contribution in [0.2, 0.25) is 5.02 Å². The third-order valence-corrected chi connectivity index (χ3v) is 7.65. The van der Waals surface area contributed by atoms with Gasteiger partial charge in [-0.25, -0.2) is 4.39 Å². The van der Waals surface area contributed by atoms with E-state index in [0.29, 0.717) is 5.56 Å². The molecule has 2 amide bonds. The molecule has 2 aromatic rings. The average Bonchev–Trinajstić information content (AvgIpc) is 2.81. The van der Waals surface area contributed by atoms with Crippen molar-refractivity contribution in [3.05, 3.63) is 70.5 Å². The summed E-state index contributed by atoms with van der Waals surface area (Å²) in [5.74, 6) is -2.12. The summed E-state index contributed by atoms with van der Waals surface area (Å²) >= 11 is 6.32. The van der Waals surface area contributed by atoms with Gasteiger partial charge in [-0.1, -0.05) is 48.0 Å². The number of nitrogens with one attached hydrogen (secondary N) is 1. The van der Waals surface area contributed by atoms with Crippen molar-refractivity contribution < 1.29 is 31.9 Å². The molecule has 4 rings (SSSR count). The van der Waals surface area contributed by atoms with Crippen molar-refractivity contribution >= 4 is 23.4 Å². The molecular weight excluding hydrogens is 488 g/mol. The number of ether oxygens (including phenoxy) is 1. The number of alkyl halides is 3. The highest BCUT2D eigenvalue weighted by molar-refractivity contribution is 6.31. The van der Waals surface area contributed by atoms with Gasteiger partial charge in [0, 0.05) is 49.7 Å². The number of hydrogen-bond donors (Lipinski definition) is 1. The van der Waals surface area contributed by atoms with E-state index < -0.39 is 28.9 Å². The number of nitrogens with zero attached hydrogens (tertiary/aromatic N) is 1. The Morgan fingerprint density at radius 1 is 1.14 bits per heavy atom. The van der Waals surface area contributed by atoms with Crippen LogP contribution in [-0.2, 0) is 19.9 Å². The van der Waals surface area contributed by atoms with Crippen LogP contribution in [0, 0.1) is 11.2 Å². The maximum absolute atomic E-state index is 14.4. The van der Waals surface area contributed by atoms with Crippen LogP contribution in [-0.4, -0.2) is 49.6 Å². The minimum atomic E-state index is -5.00. The van der Waals surface area contributed by atoms with E-state index in [9.17, 15) is 27.2 Å². The quantitative estimate of drug-likeness (QED) is 0.599. The normalized spacial score (nSPS) is 21.9. The number of piperidine rings is 2. The lowest BCUT2D eigenvalue weighted by atomic mass is 9.62. The summed E-state index contributed by atoms with van der Waals surface area (Å²) in [4.78, 5) is 26.9. The van der Waals surface area contributed by atoms with Gasteiger partial charge in [-0.05, 0) is 36.0 Å². The largest absolute Gasteiger partial charge is 0.430 e. The Morgan fingerprint density at radius 3 is 2.37 bits per heavy atom. The maximum Gasteiger partial charge on any atom is 0.430 e. The fourth-order valence-corrected chi connectivity index (χ4v) is 5.77. The Bertz CT molecular complexity index is 1100. The van der Waals surface area contributed by atoms with Crippen molar-refractivity contribution in [3.8, 4) is 0 Å². The highest BCUT2D eigenvalue weighted by atomic mass is 35.5. The first-order valence-corrected chi connectivity index (χ1v) is 11.6. The summed E-state index contributed by atoms with van der Waals surface area (Å²) in [5.41, 5.74) is -3.39. The Morgan fingerprint density at radius 2 is 1.80 bits per heavy atom. The van der Waals surface area contributed by atoms with E-state index in [1.54, 1.807) is 12.1 Å². The molecule has 1 unspecified atom stereocenters. The first-order valence-electron chi connectivity index (χ1n) is 11.2. The number of amides is 2. The van der Waals surface area contributed by atoms with E-state index in [0.717, 1.165) is 12.0 Å². The van der Waals surface area contributed by atoms with Gasteiger partial charge in [0.15, 0.2) is 0 Å². The summed E-state index contributed by atoms with van der Waals surface area (Å²) in [6.45, 7) is 0.289. The monoisotopic (exact) mass is 512 g/mol. The Balaban J connectivity index is 1.63. The lowest BCUT2D eigenvalue weighted by Gasteiger charge is -2.50. The number of benzene rings is 2. The summed E-state index contributed by atoms with van der Waals surface area (Å²) in [6.07, 6.45) is -4.28. The summed E-state index contributed by atoms with van der Waals surface area (Å²) in [7, 11) is 0.877. The van der Waals surface area contributed by atoms with Crippen LogP contribution in [0.4, 0.5) is 17.6 Å². The number of carbonyl (C=O) groups is 2. The third-order valence-electron chi connectivity index (χ3n) is 7.33. The summed E-state index contributed by atoms with van der Waals surface area (Å²) in [5, 5.41) is 3.04. The fraction of sp³-hybridized carbons (Fsp3) is 0.440. The molecular formula is C25H25ClF4N2O3. The predicted octanol–water partition coefficient (Wildman–Crippen LogP) is 4.80. The van der Waals surface area contributed by atoms with E-state index >= 15 is 0 Å². The van der Waals surface area contributed by atoms with Crippen LogP contribution in [0.15, 0.2) is 48.5 Å². The molecule has 0 aliphatic carbocycles. The van der Waals surface area contributed by atoms with Crippen molar-refractivity contribution in [2.45, 2.75) is 37.0 Å². The molecule has 2 heterocycles. The zero-order chi connectivity index (χ0) is 25.4. The molecule has 0 aromatic heterocycles. The maximum atomic E-state index is 14.4. The van der Waals surface area contributed by atoms with Crippen molar-refractivity contribution in [3.63, 3.8) is 0 Å². The Labute approximate surface area is 205 Å². The molecule has 2 aliphatic rings. The highest BCUT2D eigenvalue weighted by Gasteiger charge is 2.64. The number of methoxy groups -OCH3 is 1. The zero-order valence-corrected chi connectivity index (χ0v) is 19.8. The number of likely N-dealkylation sites (tertiary alicyclic amines) is 1. The topological polar surface area (TPSA) is 58.6 Å². The van der Waals surface area contributed by atoms with Gasteiger partial charge in [0.25, 0.3) is 11.5 Å². The van der Waals surface area contributed by atoms with Crippen LogP contribution in [0.1, 0.15) is 36.3 Å². The molecule has 2 fully saturated rings. The molecule has 1 spiro atoms. The number of rotatable bonds is 4. The molecule has 188 valence electrons. The van der Waals surface area contributed by atoms with Gasteiger partial charge < -0.3 is 15.0 Å². The molecule has 5 nitrogen and oxygen atoms in total. The van der Waals surface area contributed by atoms with Crippen molar-refractivity contribution in [1.29, 1.82) is 0 Å². The van der Waals surface area contributed by atoms with E-state index in [1.165, 1.54) is 36.4 Å². The number of hydrogen-bond acceptors (Lipinski definition) is 3. The van der Waals surface area contributed by atoms with Crippen LogP contribution >= 0.6 is 11.6 Å². The van der Waals surface area contributed by atoms with Crippen LogP contribution in [0.25, 0.3) is 0 Å². The number of halogens is 5. The molecule has 0 radical (unpaired) electrons. The van der Waals surface area contributed by atoms with Crippen molar-refractivity contribution in [1.82, 2.24) is 10.2 Å². The average molecular weight is 513 g/mol. The van der Waals surface area contributed by atoms with Gasteiger partial charge in [0.2, 0.25) is 5.91 Å². The van der Waals surface area contributed by atoms with Crippen molar-refractivity contribution in [2.24, 2.45) is 5.41 Å². The molecule has 1 N–H and O–H groups in total. The van der Waals surface area contributed by atoms with Gasteiger partial charge in [-0.3, -0.25) is 9.59 Å². The van der Waals surface area contributed by atoms with E-state index in [2.05, 4.69) is 5.32 Å². The SMILES string of the molecule is CO[C@@](C(=O)N1CCC2(CC1)CC(=O)NCC2c1ccc(F)cc1Cl)(c1ccccc1)C(F)(F)F. The first-order chi connectivity index (χ1) is 16.5. The number of carbonyl (C=O) groups excluding carboxylic acids is 2. The van der Waals surface area contributed by atoms with E-state index in [1.807, 2.05) is 0 Å².